The highest BCUT2D eigenvalue weighted by Crippen LogP contribution is 2.38. The van der Waals surface area contributed by atoms with E-state index in [-0.39, 0.29) is 18.6 Å². The molecule has 0 spiro atoms. The van der Waals surface area contributed by atoms with Crippen LogP contribution in [0.2, 0.25) is 0 Å². The zero-order valence-electron chi connectivity index (χ0n) is 15.2. The summed E-state index contributed by atoms with van der Waals surface area (Å²) in [7, 11) is 1.20. The van der Waals surface area contributed by atoms with Gasteiger partial charge >= 0.3 is 12.2 Å². The van der Waals surface area contributed by atoms with E-state index in [0.717, 1.165) is 12.8 Å². The lowest BCUT2D eigenvalue weighted by atomic mass is 10.2. The van der Waals surface area contributed by atoms with Gasteiger partial charge in [0.25, 0.3) is 0 Å². The van der Waals surface area contributed by atoms with Crippen molar-refractivity contribution in [2.24, 2.45) is 4.99 Å². The molecule has 8 nitrogen and oxygen atoms in total. The predicted molar refractivity (Wildman–Crippen MR) is 102 cm³/mol. The smallest absolute Gasteiger partial charge is 0.433 e. The van der Waals surface area contributed by atoms with Crippen LogP contribution >= 0.6 is 0 Å². The highest BCUT2D eigenvalue weighted by molar-refractivity contribution is 7.91. The molecule has 10 heteroatoms. The first-order chi connectivity index (χ1) is 13.5. The van der Waals surface area contributed by atoms with Crippen LogP contribution < -0.4 is 9.80 Å². The fourth-order valence-electron chi connectivity index (χ4n) is 4.02. The minimum atomic E-state index is -0.839. The topological polar surface area (TPSA) is 94.5 Å². The maximum Gasteiger partial charge on any atom is 0.433 e. The number of nitrogens with zero attached hydrogens (tertiary/aromatic N) is 3. The molecule has 2 amide bonds. The van der Waals surface area contributed by atoms with Crippen LogP contribution in [0.15, 0.2) is 23.2 Å². The quantitative estimate of drug-likeness (QED) is 0.560. The van der Waals surface area contributed by atoms with E-state index in [4.69, 9.17) is 4.74 Å². The lowest BCUT2D eigenvalue weighted by Gasteiger charge is -2.37. The number of rotatable bonds is 3. The van der Waals surface area contributed by atoms with E-state index < -0.39 is 35.3 Å². The first-order valence-electron chi connectivity index (χ1n) is 8.99. The van der Waals surface area contributed by atoms with Gasteiger partial charge in [-0.2, -0.15) is 4.99 Å². The van der Waals surface area contributed by atoms with E-state index in [0.29, 0.717) is 22.9 Å². The number of methoxy groups -OCH3 is 1. The van der Waals surface area contributed by atoms with Gasteiger partial charge in [-0.05, 0) is 42.2 Å². The lowest BCUT2D eigenvalue weighted by molar-refractivity contribution is 0.166. The third-order valence-electron chi connectivity index (χ3n) is 5.25. The van der Waals surface area contributed by atoms with E-state index >= 15 is 0 Å². The van der Waals surface area contributed by atoms with Crippen LogP contribution in [0.1, 0.15) is 12.8 Å². The number of ether oxygens (including phenoxy) is 2. The summed E-state index contributed by atoms with van der Waals surface area (Å²) in [6.07, 6.45) is 0.875. The number of carbonyl (C=O) groups excluding carboxylic acids is 2. The molecule has 3 aliphatic rings. The lowest BCUT2D eigenvalue weighted by Crippen LogP contribution is -2.49. The fourth-order valence-corrected chi connectivity index (χ4v) is 5.67. The van der Waals surface area contributed by atoms with E-state index in [2.05, 4.69) is 9.73 Å². The van der Waals surface area contributed by atoms with Crippen LogP contribution in [0, 0.1) is 5.82 Å². The maximum atomic E-state index is 14.9. The first-order valence-corrected chi connectivity index (χ1v) is 10.5. The minimum Gasteiger partial charge on any atom is -0.616 e. The second-order valence-electron chi connectivity index (χ2n) is 6.98. The molecule has 3 aliphatic heterocycles. The number of cyclic esters (lactones) is 1. The molecule has 3 heterocycles. The number of hydrogen-bond donors (Lipinski definition) is 0. The van der Waals surface area contributed by atoms with Crippen molar-refractivity contribution in [3.05, 3.63) is 24.0 Å². The summed E-state index contributed by atoms with van der Waals surface area (Å²) >= 11 is -0.839. The molecule has 0 aliphatic carbocycles. The summed E-state index contributed by atoms with van der Waals surface area (Å²) in [5, 5.41) is 0. The normalized spacial score (nSPS) is 29.5. The Morgan fingerprint density at radius 2 is 2.11 bits per heavy atom. The van der Waals surface area contributed by atoms with Crippen LogP contribution in [0.25, 0.3) is 0 Å². The van der Waals surface area contributed by atoms with Gasteiger partial charge in [-0.3, -0.25) is 4.90 Å². The van der Waals surface area contributed by atoms with Crippen molar-refractivity contribution in [1.82, 2.24) is 0 Å². The Balaban J connectivity index is 1.50. The van der Waals surface area contributed by atoms with Crippen LogP contribution in [0.4, 0.5) is 25.4 Å². The van der Waals surface area contributed by atoms with Crippen molar-refractivity contribution in [1.29, 1.82) is 0 Å². The number of benzene rings is 1. The number of anilines is 2. The van der Waals surface area contributed by atoms with Crippen LogP contribution in [0.5, 0.6) is 0 Å². The molecule has 2 unspecified atom stereocenters. The number of aliphatic imine (C=N–C) groups is 1. The molecular formula is C18H20FN3O5S. The molecule has 0 radical (unpaired) electrons. The molecule has 3 atom stereocenters. The number of amides is 2. The Morgan fingerprint density at radius 1 is 1.39 bits per heavy atom. The highest BCUT2D eigenvalue weighted by Gasteiger charge is 2.44. The average molecular weight is 409 g/mol. The second kappa shape index (κ2) is 7.59. The van der Waals surface area contributed by atoms with E-state index in [9.17, 15) is 18.5 Å². The Morgan fingerprint density at radius 3 is 2.75 bits per heavy atom. The third-order valence-corrected chi connectivity index (χ3v) is 6.77. The molecule has 2 bridgehead atoms. The van der Waals surface area contributed by atoms with E-state index in [1.807, 2.05) is 4.90 Å². The molecule has 4 rings (SSSR count). The van der Waals surface area contributed by atoms with Gasteiger partial charge < -0.3 is 18.9 Å². The molecule has 28 heavy (non-hydrogen) atoms. The third kappa shape index (κ3) is 3.53. The zero-order valence-corrected chi connectivity index (χ0v) is 16.1. The summed E-state index contributed by atoms with van der Waals surface area (Å²) in [5.74, 6) is 0.705. The van der Waals surface area contributed by atoms with Gasteiger partial charge in [-0.1, -0.05) is 0 Å². The number of fused-ring (bicyclic) bond motifs is 2. The Hall–Kier alpha value is -2.33. The van der Waals surface area contributed by atoms with Crippen molar-refractivity contribution in [3.63, 3.8) is 0 Å². The average Bonchev–Trinajstić information content (AvgIpc) is 3.16. The van der Waals surface area contributed by atoms with Crippen LogP contribution in [0.3, 0.4) is 0 Å². The van der Waals surface area contributed by atoms with Crippen molar-refractivity contribution < 1.29 is 28.0 Å². The van der Waals surface area contributed by atoms with Gasteiger partial charge in [0, 0.05) is 0 Å². The molecule has 150 valence electrons. The first kappa shape index (κ1) is 19.0. The largest absolute Gasteiger partial charge is 0.616 e. The van der Waals surface area contributed by atoms with Gasteiger partial charge in [0.15, 0.2) is 6.10 Å². The Bertz CT molecular complexity index is 808. The Labute approximate surface area is 164 Å². The predicted octanol–water partition coefficient (Wildman–Crippen LogP) is 2.09. The number of carbonyl (C=O) groups is 2. The Kier molecular flexibility index (Phi) is 5.15. The highest BCUT2D eigenvalue weighted by atomic mass is 32.2. The van der Waals surface area contributed by atoms with Crippen molar-refractivity contribution in [3.8, 4) is 0 Å². The minimum absolute atomic E-state index is 0.0931. The van der Waals surface area contributed by atoms with Gasteiger partial charge in [-0.25, -0.2) is 14.0 Å². The number of hydrogen-bond acceptors (Lipinski definition) is 6. The zero-order chi connectivity index (χ0) is 19.8. The summed E-state index contributed by atoms with van der Waals surface area (Å²) in [6, 6.07) is 4.82. The molecule has 0 saturated carbocycles. The van der Waals surface area contributed by atoms with Crippen molar-refractivity contribution in [2.75, 3.05) is 35.0 Å². The van der Waals surface area contributed by atoms with E-state index in [1.54, 1.807) is 12.1 Å². The second-order valence-corrected chi connectivity index (χ2v) is 8.53. The van der Waals surface area contributed by atoms with Crippen LogP contribution in [-0.2, 0) is 20.6 Å². The maximum absolute atomic E-state index is 14.9. The van der Waals surface area contributed by atoms with E-state index in [1.165, 1.54) is 24.3 Å². The molecule has 1 aromatic carbocycles. The molecule has 1 aromatic rings. The van der Waals surface area contributed by atoms with Gasteiger partial charge in [0.05, 0.1) is 43.3 Å². The van der Waals surface area contributed by atoms with Gasteiger partial charge in [0.2, 0.25) is 0 Å². The SMILES string of the molecule is COC(=O)/N=C/[C@H]1CN(c2ccc(N3C4CCC3C[S+]([O-])C4)c(F)c2)C(=O)O1. The standard InChI is InChI=1S/C18H20FN3O5S/c1-26-17(23)20-7-14-8-21(18(24)27-14)11-4-5-16(15(19)6-11)22-12-2-3-13(22)10-28(25)9-12/h4-7,12-14H,2-3,8-10H2,1H3/b20-7+/t12?,13?,14-,28?/m0/s1. The van der Waals surface area contributed by atoms with Crippen LogP contribution in [-0.4, -0.2) is 66.3 Å². The van der Waals surface area contributed by atoms with Gasteiger partial charge in [0.1, 0.15) is 17.3 Å². The monoisotopic (exact) mass is 409 g/mol. The molecular weight excluding hydrogens is 389 g/mol. The molecule has 3 saturated heterocycles. The summed E-state index contributed by atoms with van der Waals surface area (Å²) in [6.45, 7) is 0.117. The molecule has 0 aromatic heterocycles. The summed E-state index contributed by atoms with van der Waals surface area (Å²) < 4.78 is 36.3. The van der Waals surface area contributed by atoms with Crippen molar-refractivity contribution in [2.45, 2.75) is 31.0 Å². The summed E-state index contributed by atoms with van der Waals surface area (Å²) in [4.78, 5) is 30.0. The fraction of sp³-hybridized carbons (Fsp3) is 0.500. The molecule has 3 fully saturated rings. The number of halogens is 1. The van der Waals surface area contributed by atoms with Crippen molar-refractivity contribution >= 4 is 41.0 Å². The molecule has 0 N–H and O–H groups in total. The summed E-state index contributed by atoms with van der Waals surface area (Å²) in [5.41, 5.74) is 0.845. The van der Waals surface area contributed by atoms with Gasteiger partial charge in [-0.15, -0.1) is 0 Å².